The molecule has 3 rings (SSSR count). The van der Waals surface area contributed by atoms with E-state index in [0.29, 0.717) is 34.1 Å². The van der Waals surface area contributed by atoms with Crippen LogP contribution in [0.1, 0.15) is 17.5 Å². The molecule has 0 aliphatic carbocycles. The lowest BCUT2D eigenvalue weighted by Crippen LogP contribution is -2.06. The average molecular weight is 421 g/mol. The number of alkyl halides is 1. The molecule has 110 valence electrons. The van der Waals surface area contributed by atoms with Gasteiger partial charge in [-0.25, -0.2) is 9.37 Å². The van der Waals surface area contributed by atoms with Gasteiger partial charge in [0.05, 0.1) is 20.5 Å². The molecule has 8 heteroatoms. The van der Waals surface area contributed by atoms with E-state index in [4.69, 9.17) is 16.1 Å². The fourth-order valence-electron chi connectivity index (χ4n) is 2.18. The maximum atomic E-state index is 13.8. The van der Waals surface area contributed by atoms with Crippen LogP contribution in [0.15, 0.2) is 16.7 Å². The minimum atomic E-state index is -0.263. The molecule has 21 heavy (non-hydrogen) atoms. The monoisotopic (exact) mass is 420 g/mol. The van der Waals surface area contributed by atoms with Gasteiger partial charge in [0.25, 0.3) is 0 Å². The van der Waals surface area contributed by atoms with Gasteiger partial charge in [-0.05, 0) is 28.7 Å². The Kier molecular flexibility index (Phi) is 4.12. The van der Waals surface area contributed by atoms with E-state index in [0.717, 1.165) is 11.0 Å². The molecule has 5 nitrogen and oxygen atoms in total. The van der Waals surface area contributed by atoms with E-state index in [1.54, 1.807) is 13.0 Å². The van der Waals surface area contributed by atoms with Crippen molar-refractivity contribution in [2.75, 3.05) is 0 Å². The quantitative estimate of drug-likeness (QED) is 0.479. The van der Waals surface area contributed by atoms with Crippen LogP contribution in [0.25, 0.3) is 11.0 Å². The van der Waals surface area contributed by atoms with Gasteiger partial charge in [-0.3, -0.25) is 0 Å². The molecule has 0 N–H and O–H groups in total. The van der Waals surface area contributed by atoms with E-state index in [1.165, 1.54) is 6.07 Å². The molecule has 0 saturated carbocycles. The molecule has 0 spiro atoms. The van der Waals surface area contributed by atoms with Crippen LogP contribution in [0.3, 0.4) is 0 Å². The summed E-state index contributed by atoms with van der Waals surface area (Å²) in [5.74, 6) is 1.84. The van der Waals surface area contributed by atoms with Gasteiger partial charge in [0, 0.05) is 26.0 Å². The Balaban J connectivity index is 1.97. The Bertz CT molecular complexity index is 801. The molecule has 0 bridgehead atoms. The van der Waals surface area contributed by atoms with Crippen LogP contribution in [-0.2, 0) is 18.8 Å². The number of fused-ring (bicyclic) bond motifs is 1. The molecule has 2 aromatic heterocycles. The zero-order chi connectivity index (χ0) is 15.0. The van der Waals surface area contributed by atoms with Gasteiger partial charge in [0.2, 0.25) is 5.89 Å². The zero-order valence-corrected chi connectivity index (χ0v) is 14.0. The number of rotatable bonds is 4. The van der Waals surface area contributed by atoms with E-state index in [2.05, 4.69) is 15.1 Å². The van der Waals surface area contributed by atoms with Gasteiger partial charge in [-0.1, -0.05) is 5.16 Å². The second-order valence-electron chi connectivity index (χ2n) is 4.55. The SMILES string of the molecule is Cc1nc(CCn2c(CCl)nc3cc(I)c(F)cc32)no1. The fraction of sp³-hybridized carbons (Fsp3) is 0.308. The molecule has 0 aliphatic heterocycles. The number of imidazole rings is 1. The van der Waals surface area contributed by atoms with Crippen molar-refractivity contribution in [1.29, 1.82) is 0 Å². The molecule has 2 heterocycles. The number of benzene rings is 1. The summed E-state index contributed by atoms with van der Waals surface area (Å²) in [5, 5.41) is 3.85. The second-order valence-corrected chi connectivity index (χ2v) is 5.98. The molecule has 0 atom stereocenters. The first-order valence-electron chi connectivity index (χ1n) is 6.28. The summed E-state index contributed by atoms with van der Waals surface area (Å²) in [4.78, 5) is 8.60. The van der Waals surface area contributed by atoms with Crippen LogP contribution in [0, 0.1) is 16.3 Å². The molecule has 0 unspecified atom stereocenters. The van der Waals surface area contributed by atoms with E-state index in [9.17, 15) is 4.39 Å². The highest BCUT2D eigenvalue weighted by molar-refractivity contribution is 14.1. The number of nitrogens with zero attached hydrogens (tertiary/aromatic N) is 4. The third-order valence-electron chi connectivity index (χ3n) is 3.12. The van der Waals surface area contributed by atoms with E-state index in [-0.39, 0.29) is 11.7 Å². The predicted octanol–water partition coefficient (Wildman–Crippen LogP) is 3.45. The average Bonchev–Trinajstić information content (AvgIpc) is 3.01. The molecule has 0 amide bonds. The Morgan fingerprint density at radius 1 is 1.38 bits per heavy atom. The predicted molar refractivity (Wildman–Crippen MR) is 84.7 cm³/mol. The van der Waals surface area contributed by atoms with E-state index < -0.39 is 0 Å². The van der Waals surface area contributed by atoms with Crippen LogP contribution >= 0.6 is 34.2 Å². The van der Waals surface area contributed by atoms with Crippen molar-refractivity contribution in [2.45, 2.75) is 25.8 Å². The lowest BCUT2D eigenvalue weighted by molar-refractivity contribution is 0.386. The van der Waals surface area contributed by atoms with Crippen LogP contribution in [-0.4, -0.2) is 19.7 Å². The molecule has 0 radical (unpaired) electrons. The normalized spacial score (nSPS) is 11.4. The number of aromatic nitrogens is 4. The van der Waals surface area contributed by atoms with Crippen LogP contribution in [0.2, 0.25) is 0 Å². The van der Waals surface area contributed by atoms with Crippen molar-refractivity contribution >= 4 is 45.2 Å². The van der Waals surface area contributed by atoms with Gasteiger partial charge in [-0.2, -0.15) is 4.98 Å². The van der Waals surface area contributed by atoms with Gasteiger partial charge < -0.3 is 9.09 Å². The third kappa shape index (κ3) is 2.89. The molecule has 0 aliphatic rings. The number of halogens is 3. The molecule has 1 aromatic carbocycles. The highest BCUT2D eigenvalue weighted by Crippen LogP contribution is 2.23. The maximum absolute atomic E-state index is 13.8. The third-order valence-corrected chi connectivity index (χ3v) is 4.18. The van der Waals surface area contributed by atoms with Crippen LogP contribution < -0.4 is 0 Å². The Hall–Kier alpha value is -1.22. The minimum Gasteiger partial charge on any atom is -0.340 e. The summed E-state index contributed by atoms with van der Waals surface area (Å²) < 4.78 is 21.2. The summed E-state index contributed by atoms with van der Waals surface area (Å²) in [6.07, 6.45) is 0.570. The zero-order valence-electron chi connectivity index (χ0n) is 11.1. The molecular weight excluding hydrogens is 410 g/mol. The standard InChI is InChI=1S/C13H11ClFIN4O/c1-7-17-12(19-21-7)2-3-20-11-4-8(15)9(16)5-10(11)18-13(20)6-14/h4-5H,2-3,6H2,1H3. The number of aryl methyl sites for hydroxylation is 3. The summed E-state index contributed by atoms with van der Waals surface area (Å²) in [5.41, 5.74) is 1.46. The highest BCUT2D eigenvalue weighted by atomic mass is 127. The van der Waals surface area contributed by atoms with Crippen molar-refractivity contribution in [2.24, 2.45) is 0 Å². The molecule has 0 saturated heterocycles. The smallest absolute Gasteiger partial charge is 0.223 e. The largest absolute Gasteiger partial charge is 0.340 e. The molecular formula is C13H11ClFIN4O. The summed E-state index contributed by atoms with van der Waals surface area (Å²) in [6.45, 7) is 2.31. The van der Waals surface area contributed by atoms with Crippen molar-refractivity contribution in [3.05, 3.63) is 39.1 Å². The van der Waals surface area contributed by atoms with Gasteiger partial charge in [0.15, 0.2) is 5.82 Å². The lowest BCUT2D eigenvalue weighted by Gasteiger charge is -2.06. The Morgan fingerprint density at radius 2 is 2.19 bits per heavy atom. The lowest BCUT2D eigenvalue weighted by atomic mass is 10.3. The fourth-order valence-corrected chi connectivity index (χ4v) is 2.83. The van der Waals surface area contributed by atoms with E-state index >= 15 is 0 Å². The topological polar surface area (TPSA) is 56.7 Å². The van der Waals surface area contributed by atoms with Crippen LogP contribution in [0.5, 0.6) is 0 Å². The van der Waals surface area contributed by atoms with Gasteiger partial charge in [-0.15, -0.1) is 11.6 Å². The minimum absolute atomic E-state index is 0.262. The van der Waals surface area contributed by atoms with Crippen molar-refractivity contribution < 1.29 is 8.91 Å². The summed E-state index contributed by atoms with van der Waals surface area (Å²) in [6, 6.07) is 3.21. The summed E-state index contributed by atoms with van der Waals surface area (Å²) in [7, 11) is 0. The Labute approximate surface area is 138 Å². The number of hydrogen-bond donors (Lipinski definition) is 0. The first-order valence-corrected chi connectivity index (χ1v) is 7.89. The first-order chi connectivity index (χ1) is 10.1. The van der Waals surface area contributed by atoms with Crippen molar-refractivity contribution in [3.8, 4) is 0 Å². The molecule has 3 aromatic rings. The van der Waals surface area contributed by atoms with Crippen molar-refractivity contribution in [3.63, 3.8) is 0 Å². The van der Waals surface area contributed by atoms with Crippen molar-refractivity contribution in [1.82, 2.24) is 19.7 Å². The number of hydrogen-bond acceptors (Lipinski definition) is 4. The van der Waals surface area contributed by atoms with Gasteiger partial charge >= 0.3 is 0 Å². The Morgan fingerprint density at radius 3 is 2.86 bits per heavy atom. The summed E-state index contributed by atoms with van der Waals surface area (Å²) >= 11 is 7.89. The second kappa shape index (κ2) is 5.88. The van der Waals surface area contributed by atoms with E-state index in [1.807, 2.05) is 27.2 Å². The maximum Gasteiger partial charge on any atom is 0.223 e. The van der Waals surface area contributed by atoms with Gasteiger partial charge in [0.1, 0.15) is 11.6 Å². The first kappa shape index (κ1) is 14.7. The highest BCUT2D eigenvalue weighted by Gasteiger charge is 2.14. The van der Waals surface area contributed by atoms with Crippen LogP contribution in [0.4, 0.5) is 4.39 Å². The molecule has 0 fully saturated rings.